The molecule has 0 rings (SSSR count). The van der Waals surface area contributed by atoms with Crippen molar-refractivity contribution < 1.29 is 67.8 Å². The molecular formula is H10BKO3. The first-order chi connectivity index (χ1) is 0. The van der Waals surface area contributed by atoms with E-state index in [-0.39, 0.29) is 76.2 Å². The Morgan fingerprint density at radius 3 is 0.600 bits per heavy atom. The summed E-state index contributed by atoms with van der Waals surface area (Å²) < 4.78 is 0. The van der Waals surface area contributed by atoms with E-state index < -0.39 is 0 Å². The fourth-order valence-electron chi connectivity index (χ4n) is 0. The van der Waals surface area contributed by atoms with Crippen molar-refractivity contribution in [3.8, 4) is 0 Å². The second kappa shape index (κ2) is 46.8. The fourth-order valence-corrected chi connectivity index (χ4v) is 0. The van der Waals surface area contributed by atoms with Crippen LogP contribution in [0, 0.1) is 0 Å². The molecular weight excluding hydrogens is 97.9 g/mol. The molecule has 3 nitrogen and oxygen atoms in total. The summed E-state index contributed by atoms with van der Waals surface area (Å²) in [6, 6.07) is 0. The van der Waals surface area contributed by atoms with Crippen molar-refractivity contribution in [3.63, 3.8) is 0 Å². The Hall–Kier alpha value is 1.58. The van der Waals surface area contributed by atoms with Gasteiger partial charge >= 0.3 is 51.4 Å². The molecule has 0 aliphatic carbocycles. The topological polar surface area (TPSA) is 94.5 Å². The fraction of sp³-hybridized carbons (Fsp3) is 0. The van der Waals surface area contributed by atoms with E-state index in [1.165, 1.54) is 0 Å². The van der Waals surface area contributed by atoms with E-state index in [9.17, 15) is 0 Å². The molecule has 0 amide bonds. The van der Waals surface area contributed by atoms with Crippen molar-refractivity contribution in [3.05, 3.63) is 0 Å². The summed E-state index contributed by atoms with van der Waals surface area (Å²) in [6.45, 7) is 0. The van der Waals surface area contributed by atoms with Crippen LogP contribution in [-0.2, 0) is 0 Å². The normalized spacial score (nSPS) is 0. The van der Waals surface area contributed by atoms with Crippen molar-refractivity contribution >= 4 is 8.41 Å². The summed E-state index contributed by atoms with van der Waals surface area (Å²) in [5.41, 5.74) is 0. The summed E-state index contributed by atoms with van der Waals surface area (Å²) in [5.74, 6) is 0. The average molecular weight is 108 g/mol. The maximum atomic E-state index is 0. The van der Waals surface area contributed by atoms with Gasteiger partial charge in [-0.25, -0.2) is 0 Å². The van der Waals surface area contributed by atoms with E-state index >= 15 is 0 Å². The maximum Gasteiger partial charge on any atom is 1.00 e. The minimum atomic E-state index is 0. The van der Waals surface area contributed by atoms with Gasteiger partial charge < -0.3 is 16.4 Å². The number of hydrogen-bond acceptors (Lipinski definition) is 0. The minimum absolute atomic E-state index is 0. The van der Waals surface area contributed by atoms with Gasteiger partial charge in [-0.3, -0.25) is 0 Å². The molecule has 5 heteroatoms. The van der Waals surface area contributed by atoms with E-state index in [0.717, 1.165) is 0 Å². The second-order valence-corrected chi connectivity index (χ2v) is 0. The number of rotatable bonds is 0. The molecule has 0 saturated carbocycles. The zero-order valence-corrected chi connectivity index (χ0v) is 5.62. The van der Waals surface area contributed by atoms with Gasteiger partial charge in [-0.2, -0.15) is 0 Å². The van der Waals surface area contributed by atoms with Crippen molar-refractivity contribution in [1.29, 1.82) is 0 Å². The summed E-state index contributed by atoms with van der Waals surface area (Å²) in [6.07, 6.45) is 0. The maximum absolute atomic E-state index is 0. The number of hydrogen-bond donors (Lipinski definition) is 0. The Labute approximate surface area is 75.1 Å². The van der Waals surface area contributed by atoms with Crippen LogP contribution in [-0.4, -0.2) is 24.8 Å². The predicted octanol–water partition coefficient (Wildman–Crippen LogP) is -6.92. The van der Waals surface area contributed by atoms with Crippen molar-refractivity contribution in [1.82, 2.24) is 0 Å². The summed E-state index contributed by atoms with van der Waals surface area (Å²) >= 11 is 0. The van der Waals surface area contributed by atoms with Gasteiger partial charge in [0.1, 0.15) is 0 Å². The Bertz CT molecular complexity index is 6.85. The largest absolute Gasteiger partial charge is 1.00 e. The van der Waals surface area contributed by atoms with Crippen LogP contribution in [0.2, 0.25) is 0 Å². The predicted molar refractivity (Wildman–Crippen MR) is 22.2 cm³/mol. The van der Waals surface area contributed by atoms with Gasteiger partial charge in [-0.1, -0.05) is 8.41 Å². The zero-order valence-electron chi connectivity index (χ0n) is 2.50. The van der Waals surface area contributed by atoms with E-state index in [0.29, 0.717) is 0 Å². The Balaban J connectivity index is 0. The van der Waals surface area contributed by atoms with E-state index in [4.69, 9.17) is 0 Å². The molecule has 0 bridgehead atoms. The molecule has 6 N–H and O–H groups in total. The molecule has 0 saturated heterocycles. The molecule has 0 unspecified atom stereocenters. The Morgan fingerprint density at radius 1 is 0.600 bits per heavy atom. The van der Waals surface area contributed by atoms with Gasteiger partial charge in [0.15, 0.2) is 0 Å². The van der Waals surface area contributed by atoms with E-state index in [1.807, 2.05) is 0 Å². The molecule has 0 aromatic rings. The van der Waals surface area contributed by atoms with Crippen LogP contribution in [0.25, 0.3) is 0 Å². The molecule has 0 aliphatic heterocycles. The first-order valence-corrected chi connectivity index (χ1v) is 0. The SMILES string of the molecule is O.O.O.[BH4-].[K+]. The zero-order chi connectivity index (χ0) is 0. The van der Waals surface area contributed by atoms with Gasteiger partial charge in [-0.15, -0.1) is 0 Å². The van der Waals surface area contributed by atoms with E-state index in [1.54, 1.807) is 0 Å². The molecule has 0 heterocycles. The first-order valence-electron chi connectivity index (χ1n) is 0. The van der Waals surface area contributed by atoms with Crippen LogP contribution in [0.3, 0.4) is 0 Å². The quantitative estimate of drug-likeness (QED) is 0.276. The molecule has 32 valence electrons. The third-order valence-electron chi connectivity index (χ3n) is 0. The molecule has 0 aromatic carbocycles. The van der Waals surface area contributed by atoms with Crippen LogP contribution in [0.5, 0.6) is 0 Å². The smallest absolute Gasteiger partial charge is 0.412 e. The molecule has 0 radical (unpaired) electrons. The van der Waals surface area contributed by atoms with Crippen LogP contribution in [0.4, 0.5) is 0 Å². The Morgan fingerprint density at radius 2 is 0.600 bits per heavy atom. The third-order valence-corrected chi connectivity index (χ3v) is 0. The van der Waals surface area contributed by atoms with Crippen molar-refractivity contribution in [2.45, 2.75) is 0 Å². The van der Waals surface area contributed by atoms with E-state index in [2.05, 4.69) is 0 Å². The summed E-state index contributed by atoms with van der Waals surface area (Å²) in [5, 5.41) is 0. The monoisotopic (exact) mass is 108 g/mol. The molecule has 0 aromatic heterocycles. The van der Waals surface area contributed by atoms with Gasteiger partial charge in [0.05, 0.1) is 0 Å². The standard InChI is InChI=1S/BH4.K.3H2O/h1H4;;3*1H2/q-1;+1;;;. The van der Waals surface area contributed by atoms with Gasteiger partial charge in [0.25, 0.3) is 0 Å². The van der Waals surface area contributed by atoms with Gasteiger partial charge in [0, 0.05) is 0 Å². The molecule has 0 atom stereocenters. The molecule has 0 aliphatic rings. The van der Waals surface area contributed by atoms with Crippen LogP contribution in [0.1, 0.15) is 0 Å². The minimum Gasteiger partial charge on any atom is -0.412 e. The van der Waals surface area contributed by atoms with Crippen molar-refractivity contribution in [2.75, 3.05) is 0 Å². The Kier molecular flexibility index (Phi) is 768. The van der Waals surface area contributed by atoms with Gasteiger partial charge in [-0.05, 0) is 0 Å². The molecule has 0 spiro atoms. The molecule has 5 heavy (non-hydrogen) atoms. The second-order valence-electron chi connectivity index (χ2n) is 0. The first kappa shape index (κ1) is 82.0. The van der Waals surface area contributed by atoms with Crippen molar-refractivity contribution in [2.24, 2.45) is 0 Å². The van der Waals surface area contributed by atoms with Crippen LogP contribution < -0.4 is 51.4 Å². The van der Waals surface area contributed by atoms with Crippen LogP contribution >= 0.6 is 0 Å². The van der Waals surface area contributed by atoms with Gasteiger partial charge in [0.2, 0.25) is 0 Å². The summed E-state index contributed by atoms with van der Waals surface area (Å²) in [4.78, 5) is 0. The molecule has 0 fully saturated rings. The third kappa shape index (κ3) is 28.6. The average Bonchev–Trinajstić information content (AvgIpc) is 0. The summed E-state index contributed by atoms with van der Waals surface area (Å²) in [7, 11) is 0. The van der Waals surface area contributed by atoms with Crippen LogP contribution in [0.15, 0.2) is 0 Å².